The van der Waals surface area contributed by atoms with Crippen LogP contribution in [0, 0.1) is 0 Å². The topological polar surface area (TPSA) is 44.4 Å². The largest absolute Gasteiger partial charge is 0.401 e. The molecule has 0 spiro atoms. The minimum Gasteiger partial charge on any atom is -0.355 e. The number of carbonyl (C=O) groups is 1. The molecule has 1 amide bonds. The molecule has 0 bridgehead atoms. The van der Waals surface area contributed by atoms with E-state index in [1.54, 1.807) is 0 Å². The van der Waals surface area contributed by atoms with Crippen molar-refractivity contribution in [2.45, 2.75) is 19.0 Å². The van der Waals surface area contributed by atoms with Crippen molar-refractivity contribution in [3.63, 3.8) is 0 Å². The van der Waals surface area contributed by atoms with Crippen LogP contribution in [-0.4, -0.2) is 57.3 Å². The van der Waals surface area contributed by atoms with E-state index in [0.29, 0.717) is 6.54 Å². The van der Waals surface area contributed by atoms with Crippen molar-refractivity contribution in [1.29, 1.82) is 0 Å². The second kappa shape index (κ2) is 8.30. The Kier molecular flexibility index (Phi) is 7.90. The van der Waals surface area contributed by atoms with Crippen molar-refractivity contribution in [3.05, 3.63) is 0 Å². The molecular formula is C10H20F3N3O. The maximum Gasteiger partial charge on any atom is 0.401 e. The molecule has 0 radical (unpaired) electrons. The van der Waals surface area contributed by atoms with Crippen molar-refractivity contribution >= 4 is 5.91 Å². The number of rotatable bonds is 8. The molecule has 0 atom stereocenters. The van der Waals surface area contributed by atoms with Gasteiger partial charge in [0.15, 0.2) is 0 Å². The molecule has 0 aromatic carbocycles. The van der Waals surface area contributed by atoms with E-state index in [0.717, 1.165) is 19.4 Å². The Morgan fingerprint density at radius 3 is 2.41 bits per heavy atom. The summed E-state index contributed by atoms with van der Waals surface area (Å²) in [5, 5.41) is 4.59. The van der Waals surface area contributed by atoms with E-state index in [1.165, 1.54) is 0 Å². The average Bonchev–Trinajstić information content (AvgIpc) is 2.14. The monoisotopic (exact) mass is 255 g/mol. The zero-order chi connectivity index (χ0) is 13.3. The third-order valence-corrected chi connectivity index (χ3v) is 1.97. The van der Waals surface area contributed by atoms with Gasteiger partial charge in [-0.2, -0.15) is 13.2 Å². The molecule has 0 rings (SSSR count). The summed E-state index contributed by atoms with van der Waals surface area (Å²) in [6, 6.07) is 0. The van der Waals surface area contributed by atoms with E-state index < -0.39 is 18.6 Å². The SMILES string of the molecule is CN(C)CCCCNC(=O)CNCC(F)(F)F. The Morgan fingerprint density at radius 2 is 1.88 bits per heavy atom. The van der Waals surface area contributed by atoms with E-state index >= 15 is 0 Å². The van der Waals surface area contributed by atoms with Crippen LogP contribution in [0.1, 0.15) is 12.8 Å². The molecule has 4 nitrogen and oxygen atoms in total. The third-order valence-electron chi connectivity index (χ3n) is 1.97. The number of unbranched alkanes of at least 4 members (excludes halogenated alkanes) is 1. The molecular weight excluding hydrogens is 235 g/mol. The molecule has 0 saturated heterocycles. The summed E-state index contributed by atoms with van der Waals surface area (Å²) in [6.07, 6.45) is -2.50. The highest BCUT2D eigenvalue weighted by Gasteiger charge is 2.26. The lowest BCUT2D eigenvalue weighted by molar-refractivity contribution is -0.128. The van der Waals surface area contributed by atoms with Gasteiger partial charge in [-0.05, 0) is 33.5 Å². The number of hydrogen-bond acceptors (Lipinski definition) is 3. The third kappa shape index (κ3) is 13.1. The fourth-order valence-electron chi connectivity index (χ4n) is 1.16. The first-order valence-electron chi connectivity index (χ1n) is 5.50. The molecule has 0 unspecified atom stereocenters. The van der Waals surface area contributed by atoms with Crippen molar-refractivity contribution in [3.8, 4) is 0 Å². The maximum atomic E-state index is 11.7. The summed E-state index contributed by atoms with van der Waals surface area (Å²) >= 11 is 0. The summed E-state index contributed by atoms with van der Waals surface area (Å²) in [4.78, 5) is 13.1. The van der Waals surface area contributed by atoms with Gasteiger partial charge in [0.25, 0.3) is 0 Å². The minimum absolute atomic E-state index is 0.298. The van der Waals surface area contributed by atoms with Gasteiger partial charge in [-0.25, -0.2) is 0 Å². The maximum absolute atomic E-state index is 11.7. The van der Waals surface area contributed by atoms with Crippen molar-refractivity contribution < 1.29 is 18.0 Å². The first kappa shape index (κ1) is 16.2. The standard InChI is InChI=1S/C10H20F3N3O/c1-16(2)6-4-3-5-15-9(17)7-14-8-10(11,12)13/h14H,3-8H2,1-2H3,(H,15,17). The van der Waals surface area contributed by atoms with Gasteiger partial charge in [0, 0.05) is 6.54 Å². The van der Waals surface area contributed by atoms with Gasteiger partial charge in [0.1, 0.15) is 0 Å². The van der Waals surface area contributed by atoms with Gasteiger partial charge in [0.05, 0.1) is 13.1 Å². The molecule has 0 aromatic rings. The highest BCUT2D eigenvalue weighted by molar-refractivity contribution is 5.77. The quantitative estimate of drug-likeness (QED) is 0.624. The molecule has 0 heterocycles. The number of hydrogen-bond donors (Lipinski definition) is 2. The van der Waals surface area contributed by atoms with Gasteiger partial charge in [0.2, 0.25) is 5.91 Å². The van der Waals surface area contributed by atoms with E-state index in [2.05, 4.69) is 5.32 Å². The fourth-order valence-corrected chi connectivity index (χ4v) is 1.16. The highest BCUT2D eigenvalue weighted by atomic mass is 19.4. The summed E-state index contributed by atoms with van der Waals surface area (Å²) in [7, 11) is 3.92. The van der Waals surface area contributed by atoms with Crippen molar-refractivity contribution in [2.75, 3.05) is 40.3 Å². The number of amides is 1. The number of halogens is 3. The Labute approximate surface area is 99.5 Å². The Morgan fingerprint density at radius 1 is 1.24 bits per heavy atom. The first-order valence-corrected chi connectivity index (χ1v) is 5.50. The van der Waals surface area contributed by atoms with Crippen LogP contribution >= 0.6 is 0 Å². The molecule has 0 fully saturated rings. The normalized spacial score (nSPS) is 11.9. The molecule has 102 valence electrons. The van der Waals surface area contributed by atoms with E-state index in [9.17, 15) is 18.0 Å². The lowest BCUT2D eigenvalue weighted by Crippen LogP contribution is -2.38. The molecule has 0 aliphatic heterocycles. The van der Waals surface area contributed by atoms with Gasteiger partial charge < -0.3 is 15.5 Å². The molecule has 0 saturated carbocycles. The smallest absolute Gasteiger partial charge is 0.355 e. The Balaban J connectivity index is 3.35. The van der Waals surface area contributed by atoms with Crippen LogP contribution in [0.3, 0.4) is 0 Å². The summed E-state index contributed by atoms with van der Waals surface area (Å²) in [5.74, 6) is -0.404. The van der Waals surface area contributed by atoms with Crippen LogP contribution < -0.4 is 10.6 Å². The molecule has 0 aliphatic carbocycles. The van der Waals surface area contributed by atoms with Crippen LogP contribution in [-0.2, 0) is 4.79 Å². The van der Waals surface area contributed by atoms with Crippen molar-refractivity contribution in [2.24, 2.45) is 0 Å². The minimum atomic E-state index is -4.27. The number of alkyl halides is 3. The lowest BCUT2D eigenvalue weighted by Gasteiger charge is -2.10. The Hall–Kier alpha value is -0.820. The van der Waals surface area contributed by atoms with Gasteiger partial charge in [-0.1, -0.05) is 0 Å². The fraction of sp³-hybridized carbons (Fsp3) is 0.900. The van der Waals surface area contributed by atoms with Gasteiger partial charge in [-0.15, -0.1) is 0 Å². The second-order valence-corrected chi connectivity index (χ2v) is 4.08. The van der Waals surface area contributed by atoms with E-state index in [1.807, 2.05) is 24.3 Å². The average molecular weight is 255 g/mol. The number of carbonyl (C=O) groups excluding carboxylic acids is 1. The summed E-state index contributed by atoms with van der Waals surface area (Å²) in [5.41, 5.74) is 0. The lowest BCUT2D eigenvalue weighted by atomic mass is 10.3. The predicted molar refractivity (Wildman–Crippen MR) is 59.7 cm³/mol. The number of nitrogens with one attached hydrogen (secondary N) is 2. The molecule has 17 heavy (non-hydrogen) atoms. The molecule has 0 aromatic heterocycles. The van der Waals surface area contributed by atoms with E-state index in [-0.39, 0.29) is 6.54 Å². The second-order valence-electron chi connectivity index (χ2n) is 4.08. The van der Waals surface area contributed by atoms with E-state index in [4.69, 9.17) is 0 Å². The zero-order valence-corrected chi connectivity index (χ0v) is 10.2. The van der Waals surface area contributed by atoms with Crippen LogP contribution in [0.2, 0.25) is 0 Å². The van der Waals surface area contributed by atoms with Crippen LogP contribution in [0.25, 0.3) is 0 Å². The predicted octanol–water partition coefficient (Wildman–Crippen LogP) is 0.596. The summed E-state index contributed by atoms with van der Waals surface area (Å²) in [6.45, 7) is -0.00317. The van der Waals surface area contributed by atoms with Gasteiger partial charge >= 0.3 is 6.18 Å². The molecule has 2 N–H and O–H groups in total. The molecule has 7 heteroatoms. The van der Waals surface area contributed by atoms with Crippen LogP contribution in [0.4, 0.5) is 13.2 Å². The summed E-state index contributed by atoms with van der Waals surface area (Å²) < 4.78 is 35.2. The number of nitrogens with zero attached hydrogens (tertiary/aromatic N) is 1. The zero-order valence-electron chi connectivity index (χ0n) is 10.2. The highest BCUT2D eigenvalue weighted by Crippen LogP contribution is 2.11. The van der Waals surface area contributed by atoms with Crippen molar-refractivity contribution in [1.82, 2.24) is 15.5 Å². The van der Waals surface area contributed by atoms with Gasteiger partial charge in [-0.3, -0.25) is 4.79 Å². The van der Waals surface area contributed by atoms with Crippen LogP contribution in [0.15, 0.2) is 0 Å². The Bertz CT molecular complexity index is 219. The first-order chi connectivity index (χ1) is 7.81. The van der Waals surface area contributed by atoms with Crippen LogP contribution in [0.5, 0.6) is 0 Å². The molecule has 0 aliphatic rings.